The van der Waals surface area contributed by atoms with Crippen LogP contribution in [-0.4, -0.2) is 49.4 Å². The van der Waals surface area contributed by atoms with Gasteiger partial charge in [0.25, 0.3) is 0 Å². The van der Waals surface area contributed by atoms with Crippen molar-refractivity contribution in [2.45, 2.75) is 58.0 Å². The first-order valence-electron chi connectivity index (χ1n) is 14.4. The van der Waals surface area contributed by atoms with E-state index in [0.29, 0.717) is 18.9 Å². The normalized spacial score (nSPS) is 13.4. The lowest BCUT2D eigenvalue weighted by molar-refractivity contribution is -0.132. The van der Waals surface area contributed by atoms with E-state index in [-0.39, 0.29) is 12.4 Å². The van der Waals surface area contributed by atoms with E-state index in [1.807, 2.05) is 0 Å². The van der Waals surface area contributed by atoms with Crippen LogP contribution in [0.1, 0.15) is 55.2 Å². The van der Waals surface area contributed by atoms with Gasteiger partial charge in [-0.2, -0.15) is 0 Å². The molecule has 1 aliphatic rings. The molecule has 0 atom stereocenters. The molecule has 1 fully saturated rings. The van der Waals surface area contributed by atoms with Crippen LogP contribution in [-0.2, 0) is 24.3 Å². The zero-order valence-electron chi connectivity index (χ0n) is 23.8. The number of likely N-dealkylation sites (N-methyl/N-ethyl adjacent to an activating group) is 1. The molecule has 1 N–H and O–H groups in total. The number of rotatable bonds is 14. The molecule has 0 unspecified atom stereocenters. The summed E-state index contributed by atoms with van der Waals surface area (Å²) in [5.74, 6) is 1.06. The van der Waals surface area contributed by atoms with Crippen molar-refractivity contribution in [3.05, 3.63) is 95.6 Å². The molecule has 5 heteroatoms. The number of amides is 1. The molecular weight excluding hydrogens is 502 g/mol. The smallest absolute Gasteiger partial charge is 0.222 e. The van der Waals surface area contributed by atoms with Crippen LogP contribution < -0.4 is 5.32 Å². The molecule has 0 bridgehead atoms. The van der Waals surface area contributed by atoms with E-state index in [1.165, 1.54) is 53.5 Å². The van der Waals surface area contributed by atoms with E-state index in [4.69, 9.17) is 0 Å². The van der Waals surface area contributed by atoms with Crippen molar-refractivity contribution >= 4 is 18.3 Å². The highest BCUT2D eigenvalue weighted by Crippen LogP contribution is 2.29. The highest BCUT2D eigenvalue weighted by atomic mass is 35.5. The summed E-state index contributed by atoms with van der Waals surface area (Å²) >= 11 is 0. The number of hydrogen-bond acceptors (Lipinski definition) is 3. The molecule has 0 spiro atoms. The molecule has 210 valence electrons. The Balaban J connectivity index is 0.00000420. The molecule has 1 aliphatic carbocycles. The van der Waals surface area contributed by atoms with E-state index in [1.54, 1.807) is 0 Å². The minimum absolute atomic E-state index is 0. The first-order valence-corrected chi connectivity index (χ1v) is 14.4. The number of nitrogens with one attached hydrogen (secondary N) is 1. The highest BCUT2D eigenvalue weighted by molar-refractivity contribution is 5.85. The summed E-state index contributed by atoms with van der Waals surface area (Å²) in [7, 11) is 4.14. The van der Waals surface area contributed by atoms with Crippen molar-refractivity contribution in [1.29, 1.82) is 0 Å². The van der Waals surface area contributed by atoms with Gasteiger partial charge in [-0.1, -0.05) is 105 Å². The summed E-state index contributed by atoms with van der Waals surface area (Å²) in [5, 5.41) is 3.55. The molecule has 39 heavy (non-hydrogen) atoms. The molecule has 4 rings (SSSR count). The summed E-state index contributed by atoms with van der Waals surface area (Å²) in [6, 6.07) is 28.2. The standard InChI is InChI=1S/C34H45N3O.ClH/c1-36(2)24-25-37(34(38)21-16-28-10-6-7-11-28)27-31-14-19-33(20-15-31)32-17-12-30(13-18-32)26-35-23-22-29-8-4-3-5-9-29;/h3-5,8-9,12-15,17-20,28,35H,6-7,10-11,16,21-27H2,1-2H3;1H. The molecule has 0 radical (unpaired) electrons. The van der Waals surface area contributed by atoms with Crippen molar-refractivity contribution in [3.63, 3.8) is 0 Å². The lowest BCUT2D eigenvalue weighted by Gasteiger charge is -2.25. The van der Waals surface area contributed by atoms with Crippen LogP contribution in [0.5, 0.6) is 0 Å². The van der Waals surface area contributed by atoms with E-state index in [0.717, 1.165) is 44.9 Å². The zero-order chi connectivity index (χ0) is 26.6. The average Bonchev–Trinajstić information content (AvgIpc) is 3.47. The third-order valence-electron chi connectivity index (χ3n) is 7.79. The topological polar surface area (TPSA) is 35.6 Å². The van der Waals surface area contributed by atoms with Gasteiger partial charge in [0.1, 0.15) is 0 Å². The minimum atomic E-state index is 0. The largest absolute Gasteiger partial charge is 0.337 e. The zero-order valence-corrected chi connectivity index (χ0v) is 24.6. The van der Waals surface area contributed by atoms with E-state index >= 15 is 0 Å². The van der Waals surface area contributed by atoms with Gasteiger partial charge < -0.3 is 15.1 Å². The summed E-state index contributed by atoms with van der Waals surface area (Å²) < 4.78 is 0. The number of benzene rings is 3. The van der Waals surface area contributed by atoms with E-state index in [9.17, 15) is 4.79 Å². The van der Waals surface area contributed by atoms with E-state index < -0.39 is 0 Å². The van der Waals surface area contributed by atoms with Crippen LogP contribution in [0.3, 0.4) is 0 Å². The summed E-state index contributed by atoms with van der Waals surface area (Å²) in [4.78, 5) is 17.3. The fraction of sp³-hybridized carbons (Fsp3) is 0.441. The lowest BCUT2D eigenvalue weighted by Crippen LogP contribution is -2.36. The van der Waals surface area contributed by atoms with Gasteiger partial charge in [-0.3, -0.25) is 4.79 Å². The molecule has 1 amide bonds. The average molecular weight is 548 g/mol. The number of carbonyl (C=O) groups is 1. The monoisotopic (exact) mass is 547 g/mol. The van der Waals surface area contributed by atoms with Gasteiger partial charge in [0, 0.05) is 32.6 Å². The SMILES string of the molecule is CN(C)CCN(Cc1ccc(-c2ccc(CNCCc3ccccc3)cc2)cc1)C(=O)CCC1CCCC1.Cl. The molecule has 4 nitrogen and oxygen atoms in total. The fourth-order valence-corrected chi connectivity index (χ4v) is 5.35. The second-order valence-corrected chi connectivity index (χ2v) is 11.1. The van der Waals surface area contributed by atoms with Crippen molar-refractivity contribution < 1.29 is 4.79 Å². The van der Waals surface area contributed by atoms with Crippen molar-refractivity contribution in [2.75, 3.05) is 33.7 Å². The third kappa shape index (κ3) is 10.4. The van der Waals surface area contributed by atoms with Gasteiger partial charge in [0.05, 0.1) is 0 Å². The van der Waals surface area contributed by atoms with Gasteiger partial charge in [0.2, 0.25) is 5.91 Å². The maximum Gasteiger partial charge on any atom is 0.222 e. The Labute approximate surface area is 242 Å². The molecule has 3 aromatic rings. The summed E-state index contributed by atoms with van der Waals surface area (Å²) in [6.07, 6.45) is 8.06. The Morgan fingerprint density at radius 1 is 0.795 bits per heavy atom. The Hall–Kier alpha value is -2.66. The molecular formula is C34H46ClN3O. The Morgan fingerprint density at radius 3 is 2.03 bits per heavy atom. The van der Waals surface area contributed by atoms with Crippen LogP contribution in [0.4, 0.5) is 0 Å². The number of hydrogen-bond donors (Lipinski definition) is 1. The summed E-state index contributed by atoms with van der Waals surface area (Å²) in [5.41, 5.74) is 6.30. The van der Waals surface area contributed by atoms with Gasteiger partial charge >= 0.3 is 0 Å². The fourth-order valence-electron chi connectivity index (χ4n) is 5.35. The molecule has 0 aliphatic heterocycles. The van der Waals surface area contributed by atoms with E-state index in [2.05, 4.69) is 108 Å². The third-order valence-corrected chi connectivity index (χ3v) is 7.79. The Kier molecular flexibility index (Phi) is 13.0. The Morgan fingerprint density at radius 2 is 1.41 bits per heavy atom. The molecule has 0 heterocycles. The van der Waals surface area contributed by atoms with Crippen molar-refractivity contribution in [1.82, 2.24) is 15.1 Å². The second kappa shape index (κ2) is 16.4. The van der Waals surface area contributed by atoms with Crippen LogP contribution >= 0.6 is 12.4 Å². The van der Waals surface area contributed by atoms with Crippen molar-refractivity contribution in [3.8, 4) is 11.1 Å². The molecule has 0 aromatic heterocycles. The van der Waals surface area contributed by atoms with Gasteiger partial charge in [-0.25, -0.2) is 0 Å². The second-order valence-electron chi connectivity index (χ2n) is 11.1. The van der Waals surface area contributed by atoms with Crippen LogP contribution in [0.25, 0.3) is 11.1 Å². The minimum Gasteiger partial charge on any atom is -0.337 e. The number of nitrogens with zero attached hydrogens (tertiary/aromatic N) is 2. The predicted molar refractivity (Wildman–Crippen MR) is 166 cm³/mol. The predicted octanol–water partition coefficient (Wildman–Crippen LogP) is 6.97. The van der Waals surface area contributed by atoms with Crippen LogP contribution in [0, 0.1) is 5.92 Å². The van der Waals surface area contributed by atoms with Gasteiger partial charge in [-0.05, 0) is 67.2 Å². The van der Waals surface area contributed by atoms with Crippen LogP contribution in [0.2, 0.25) is 0 Å². The molecule has 3 aromatic carbocycles. The van der Waals surface area contributed by atoms with Crippen LogP contribution in [0.15, 0.2) is 78.9 Å². The molecule has 0 saturated heterocycles. The Bertz CT molecular complexity index is 1090. The summed E-state index contributed by atoms with van der Waals surface area (Å²) in [6.45, 7) is 4.20. The van der Waals surface area contributed by atoms with Gasteiger partial charge in [-0.15, -0.1) is 12.4 Å². The maximum absolute atomic E-state index is 13.1. The molecule has 1 saturated carbocycles. The number of halogens is 1. The maximum atomic E-state index is 13.1. The quantitative estimate of drug-likeness (QED) is 0.221. The number of carbonyl (C=O) groups excluding carboxylic acids is 1. The van der Waals surface area contributed by atoms with Crippen molar-refractivity contribution in [2.24, 2.45) is 5.92 Å². The van der Waals surface area contributed by atoms with Gasteiger partial charge in [0.15, 0.2) is 0 Å². The lowest BCUT2D eigenvalue weighted by atomic mass is 10.0. The first kappa shape index (κ1) is 30.9. The highest BCUT2D eigenvalue weighted by Gasteiger charge is 2.19. The first-order chi connectivity index (χ1) is 18.6.